The van der Waals surface area contributed by atoms with Crippen molar-refractivity contribution in [1.29, 1.82) is 0 Å². The van der Waals surface area contributed by atoms with Crippen LogP contribution in [0.4, 0.5) is 0 Å². The molecule has 9 heteroatoms. The van der Waals surface area contributed by atoms with E-state index in [0.717, 1.165) is 44.9 Å². The van der Waals surface area contributed by atoms with Crippen molar-refractivity contribution in [1.82, 2.24) is 0 Å². The Bertz CT molecular complexity index is 905. The van der Waals surface area contributed by atoms with Crippen LogP contribution in [0.5, 0.6) is 0 Å². The second-order valence-corrected chi connectivity index (χ2v) is 13.4. The van der Waals surface area contributed by atoms with Gasteiger partial charge in [-0.05, 0) is 51.4 Å². The minimum atomic E-state index is -4.76. The lowest BCUT2D eigenvalue weighted by atomic mass is 10.0. The van der Waals surface area contributed by atoms with Gasteiger partial charge in [0.2, 0.25) is 0 Å². The van der Waals surface area contributed by atoms with E-state index in [0.29, 0.717) is 12.8 Å². The molecule has 0 aromatic heterocycles. The highest BCUT2D eigenvalue weighted by Gasteiger charge is 2.22. The van der Waals surface area contributed by atoms with Gasteiger partial charge in [-0.25, -0.2) is 4.57 Å². The van der Waals surface area contributed by atoms with Gasteiger partial charge in [0.25, 0.3) is 0 Å². The molecule has 0 aliphatic heterocycles. The molecule has 0 saturated carbocycles. The van der Waals surface area contributed by atoms with Crippen LogP contribution in [-0.2, 0) is 28.2 Å². The molecule has 2 N–H and O–H groups in total. The van der Waals surface area contributed by atoms with Crippen molar-refractivity contribution in [2.75, 3.05) is 13.2 Å². The second-order valence-electron chi connectivity index (χ2n) is 12.2. The third-order valence-corrected chi connectivity index (χ3v) is 8.09. The van der Waals surface area contributed by atoms with E-state index in [2.05, 4.69) is 60.9 Å². The van der Waals surface area contributed by atoms with Crippen molar-refractivity contribution in [3.8, 4) is 0 Å². The minimum Gasteiger partial charge on any atom is -0.462 e. The van der Waals surface area contributed by atoms with Crippen LogP contribution in [0.3, 0.4) is 0 Å². The number of hydrogen-bond donors (Lipinski definition) is 2. The Hall–Kier alpha value is -1.99. The lowest BCUT2D eigenvalue weighted by molar-refractivity contribution is -0.161. The quantitative estimate of drug-likeness (QED) is 0.0304. The monoisotopic (exact) mass is 682 g/mol. The summed E-state index contributed by atoms with van der Waals surface area (Å²) in [6, 6.07) is 0. The fraction of sp³-hybridized carbons (Fsp3) is 0.737. The van der Waals surface area contributed by atoms with Crippen LogP contribution in [0.1, 0.15) is 162 Å². The lowest BCUT2D eigenvalue weighted by Gasteiger charge is -2.18. The number of esters is 2. The Morgan fingerprint density at radius 1 is 0.553 bits per heavy atom. The fourth-order valence-corrected chi connectivity index (χ4v) is 5.20. The van der Waals surface area contributed by atoms with E-state index < -0.39 is 32.5 Å². The SMILES string of the molecule is CCCCC/C=C/C/C=C/C/C=C/C/C=C/CCCC(=O)OC[C@H](COP(=O)(O)O)OC(=O)CCCCCCCCCCCCCC. The van der Waals surface area contributed by atoms with Crippen LogP contribution in [0.25, 0.3) is 0 Å². The van der Waals surface area contributed by atoms with E-state index >= 15 is 0 Å². The Kier molecular flexibility index (Phi) is 32.5. The van der Waals surface area contributed by atoms with Crippen molar-refractivity contribution >= 4 is 19.8 Å². The van der Waals surface area contributed by atoms with Gasteiger partial charge >= 0.3 is 19.8 Å². The van der Waals surface area contributed by atoms with Crippen molar-refractivity contribution in [2.24, 2.45) is 0 Å². The summed E-state index contributed by atoms with van der Waals surface area (Å²) < 4.78 is 26.2. The van der Waals surface area contributed by atoms with Crippen molar-refractivity contribution in [2.45, 2.75) is 168 Å². The average Bonchev–Trinajstić information content (AvgIpc) is 3.04. The predicted octanol–water partition coefficient (Wildman–Crippen LogP) is 10.8. The third kappa shape index (κ3) is 36.7. The molecule has 0 radical (unpaired) electrons. The summed E-state index contributed by atoms with van der Waals surface area (Å²) in [4.78, 5) is 42.6. The summed E-state index contributed by atoms with van der Waals surface area (Å²) >= 11 is 0. The molecule has 0 aromatic rings. The van der Waals surface area contributed by atoms with E-state index in [9.17, 15) is 14.2 Å². The van der Waals surface area contributed by atoms with Crippen LogP contribution in [-0.4, -0.2) is 41.0 Å². The zero-order valence-electron chi connectivity index (χ0n) is 29.7. The topological polar surface area (TPSA) is 119 Å². The molecule has 0 amide bonds. The predicted molar refractivity (Wildman–Crippen MR) is 193 cm³/mol. The highest BCUT2D eigenvalue weighted by molar-refractivity contribution is 7.46. The molecule has 0 aromatic carbocycles. The van der Waals surface area contributed by atoms with Gasteiger partial charge in [0.1, 0.15) is 6.61 Å². The van der Waals surface area contributed by atoms with E-state index in [1.165, 1.54) is 77.0 Å². The van der Waals surface area contributed by atoms with Gasteiger partial charge in [-0.3, -0.25) is 14.1 Å². The molecule has 0 bridgehead atoms. The highest BCUT2D eigenvalue weighted by Crippen LogP contribution is 2.36. The molecule has 47 heavy (non-hydrogen) atoms. The van der Waals surface area contributed by atoms with Crippen LogP contribution >= 0.6 is 7.82 Å². The first kappa shape index (κ1) is 45.0. The molecular formula is C38H67O8P. The molecule has 0 aliphatic carbocycles. The summed E-state index contributed by atoms with van der Waals surface area (Å²) in [5.74, 6) is -0.952. The number of carbonyl (C=O) groups is 2. The first-order valence-electron chi connectivity index (χ1n) is 18.4. The van der Waals surface area contributed by atoms with Gasteiger partial charge in [0.15, 0.2) is 6.10 Å². The number of hydrogen-bond acceptors (Lipinski definition) is 6. The smallest absolute Gasteiger partial charge is 0.462 e. The first-order valence-corrected chi connectivity index (χ1v) is 20.0. The van der Waals surface area contributed by atoms with Crippen LogP contribution in [0.15, 0.2) is 48.6 Å². The van der Waals surface area contributed by atoms with Gasteiger partial charge in [-0.15, -0.1) is 0 Å². The normalized spacial score (nSPS) is 13.0. The zero-order valence-corrected chi connectivity index (χ0v) is 30.6. The first-order chi connectivity index (χ1) is 22.8. The number of phosphoric acid groups is 1. The Labute approximate surface area is 286 Å². The maximum absolute atomic E-state index is 12.3. The Balaban J connectivity index is 4.08. The number of carbonyl (C=O) groups excluding carboxylic acids is 2. The summed E-state index contributed by atoms with van der Waals surface area (Å²) in [5.41, 5.74) is 0. The molecule has 0 heterocycles. The standard InChI is InChI=1S/C38H67O8P/c1-3-5-7-9-11-13-15-17-18-19-20-21-23-24-26-28-30-32-37(39)44-34-36(35-45-47(41,42)43)46-38(40)33-31-29-27-25-22-16-14-12-10-8-6-4-2/h11,13,17-18,20-21,24,26,36H,3-10,12,14-16,19,22-23,25,27-35H2,1-2H3,(H2,41,42,43)/b13-11+,18-17+,21-20+,26-24+/t36-/m1/s1. The highest BCUT2D eigenvalue weighted by atomic mass is 31.2. The van der Waals surface area contributed by atoms with Crippen molar-refractivity contribution < 1.29 is 37.9 Å². The van der Waals surface area contributed by atoms with Gasteiger partial charge in [0.05, 0.1) is 6.61 Å². The zero-order chi connectivity index (χ0) is 34.7. The molecule has 1 atom stereocenters. The van der Waals surface area contributed by atoms with E-state index in [1.54, 1.807) is 0 Å². The molecular weight excluding hydrogens is 615 g/mol. The molecule has 0 saturated heterocycles. The molecule has 0 aliphatic rings. The van der Waals surface area contributed by atoms with E-state index in [-0.39, 0.29) is 19.4 Å². The summed E-state index contributed by atoms with van der Waals surface area (Å²) in [7, 11) is -4.76. The molecule has 272 valence electrons. The average molecular weight is 683 g/mol. The number of rotatable bonds is 33. The summed E-state index contributed by atoms with van der Waals surface area (Å²) in [5, 5.41) is 0. The molecule has 0 spiro atoms. The number of phosphoric ester groups is 1. The molecule has 0 fully saturated rings. The van der Waals surface area contributed by atoms with Crippen molar-refractivity contribution in [3.05, 3.63) is 48.6 Å². The van der Waals surface area contributed by atoms with Gasteiger partial charge < -0.3 is 19.3 Å². The Morgan fingerprint density at radius 2 is 0.979 bits per heavy atom. The molecule has 0 unspecified atom stereocenters. The maximum Gasteiger partial charge on any atom is 0.469 e. The largest absolute Gasteiger partial charge is 0.469 e. The van der Waals surface area contributed by atoms with Gasteiger partial charge in [-0.2, -0.15) is 0 Å². The van der Waals surface area contributed by atoms with E-state index in [1.807, 2.05) is 6.08 Å². The summed E-state index contributed by atoms with van der Waals surface area (Å²) in [6.07, 6.45) is 39.8. The lowest BCUT2D eigenvalue weighted by Crippen LogP contribution is -2.29. The number of ether oxygens (including phenoxy) is 2. The third-order valence-electron chi connectivity index (χ3n) is 7.60. The Morgan fingerprint density at radius 3 is 1.49 bits per heavy atom. The van der Waals surface area contributed by atoms with Crippen LogP contribution in [0, 0.1) is 0 Å². The minimum absolute atomic E-state index is 0.191. The van der Waals surface area contributed by atoms with Crippen LogP contribution in [0.2, 0.25) is 0 Å². The second kappa shape index (κ2) is 33.9. The number of unbranched alkanes of at least 4 members (excludes halogenated alkanes) is 15. The fourth-order valence-electron chi connectivity index (χ4n) is 4.83. The van der Waals surface area contributed by atoms with Gasteiger partial charge in [-0.1, -0.05) is 146 Å². The van der Waals surface area contributed by atoms with Gasteiger partial charge in [0, 0.05) is 12.8 Å². The molecule has 0 rings (SSSR count). The van der Waals surface area contributed by atoms with Crippen molar-refractivity contribution in [3.63, 3.8) is 0 Å². The summed E-state index contributed by atoms with van der Waals surface area (Å²) in [6.45, 7) is 3.59. The molecule has 8 nitrogen and oxygen atoms in total. The van der Waals surface area contributed by atoms with Crippen LogP contribution < -0.4 is 0 Å². The number of allylic oxidation sites excluding steroid dienone is 8. The maximum atomic E-state index is 12.3. The van der Waals surface area contributed by atoms with E-state index in [4.69, 9.17) is 19.3 Å².